The molecule has 0 aliphatic heterocycles. The summed E-state index contributed by atoms with van der Waals surface area (Å²) in [5.41, 5.74) is 11.1. The van der Waals surface area contributed by atoms with Crippen molar-refractivity contribution in [1.29, 1.82) is 0 Å². The molecule has 25 heavy (non-hydrogen) atoms. The van der Waals surface area contributed by atoms with E-state index in [0.29, 0.717) is 0 Å². The molecule has 0 bridgehead atoms. The Bertz CT molecular complexity index is 770. The molecule has 134 valence electrons. The minimum atomic E-state index is -3.55. The number of benzene rings is 2. The van der Waals surface area contributed by atoms with E-state index in [-0.39, 0.29) is 34.0 Å². The van der Waals surface area contributed by atoms with Crippen LogP contribution in [0.4, 0.5) is 11.4 Å². The van der Waals surface area contributed by atoms with E-state index in [1.807, 2.05) is 0 Å². The fourth-order valence-electron chi connectivity index (χ4n) is 2.07. The SMILES string of the molecule is Nc1ccc(C(=O)CS(O)(O)CC(=O)c2ccc(N)c(O)c2)cc1O. The second-order valence-electron chi connectivity index (χ2n) is 5.48. The average molecular weight is 366 g/mol. The van der Waals surface area contributed by atoms with Gasteiger partial charge in [0.15, 0.2) is 11.6 Å². The van der Waals surface area contributed by atoms with E-state index in [4.69, 9.17) is 11.5 Å². The number of rotatable bonds is 6. The first-order valence-corrected chi connectivity index (χ1v) is 8.94. The molecule has 0 aromatic heterocycles. The fourth-order valence-corrected chi connectivity index (χ4v) is 3.35. The molecule has 2 aromatic rings. The number of nitrogen functional groups attached to an aromatic ring is 2. The molecule has 0 heterocycles. The van der Waals surface area contributed by atoms with E-state index in [0.717, 1.165) is 12.1 Å². The Hall–Kier alpha value is -2.75. The van der Waals surface area contributed by atoms with Gasteiger partial charge in [0, 0.05) is 11.1 Å². The van der Waals surface area contributed by atoms with Gasteiger partial charge in [-0.05, 0) is 36.4 Å². The molecule has 0 atom stereocenters. The third-order valence-corrected chi connectivity index (χ3v) is 4.88. The Morgan fingerprint density at radius 2 is 1.16 bits per heavy atom. The van der Waals surface area contributed by atoms with Gasteiger partial charge in [-0.3, -0.25) is 18.7 Å². The van der Waals surface area contributed by atoms with Crippen molar-refractivity contribution in [1.82, 2.24) is 0 Å². The van der Waals surface area contributed by atoms with Gasteiger partial charge in [-0.25, -0.2) is 0 Å². The Kier molecular flexibility index (Phi) is 5.21. The molecular formula is C16H18N2O6S. The highest BCUT2D eigenvalue weighted by atomic mass is 32.3. The summed E-state index contributed by atoms with van der Waals surface area (Å²) in [5.74, 6) is -3.25. The Balaban J connectivity index is 2.09. The summed E-state index contributed by atoms with van der Waals surface area (Å²) in [6.07, 6.45) is 0. The summed E-state index contributed by atoms with van der Waals surface area (Å²) in [4.78, 5) is 24.2. The summed E-state index contributed by atoms with van der Waals surface area (Å²) >= 11 is 0. The van der Waals surface area contributed by atoms with Crippen molar-refractivity contribution in [2.24, 2.45) is 0 Å². The molecule has 0 aliphatic carbocycles. The zero-order valence-corrected chi connectivity index (χ0v) is 13.9. The van der Waals surface area contributed by atoms with Gasteiger partial charge < -0.3 is 21.7 Å². The van der Waals surface area contributed by atoms with E-state index < -0.39 is 33.7 Å². The van der Waals surface area contributed by atoms with Crippen molar-refractivity contribution in [3.8, 4) is 11.5 Å². The van der Waals surface area contributed by atoms with Gasteiger partial charge in [-0.2, -0.15) is 10.6 Å². The van der Waals surface area contributed by atoms with Crippen LogP contribution in [0.5, 0.6) is 11.5 Å². The lowest BCUT2D eigenvalue weighted by atomic mass is 10.1. The van der Waals surface area contributed by atoms with Crippen LogP contribution < -0.4 is 11.5 Å². The van der Waals surface area contributed by atoms with E-state index in [1.54, 1.807) is 0 Å². The molecule has 0 unspecified atom stereocenters. The van der Waals surface area contributed by atoms with Crippen LogP contribution in [0, 0.1) is 0 Å². The van der Waals surface area contributed by atoms with E-state index in [1.165, 1.54) is 24.3 Å². The zero-order valence-electron chi connectivity index (χ0n) is 13.0. The maximum Gasteiger partial charge on any atom is 0.181 e. The number of anilines is 2. The lowest BCUT2D eigenvalue weighted by molar-refractivity contribution is 0.101. The third kappa shape index (κ3) is 4.63. The summed E-state index contributed by atoms with van der Waals surface area (Å²) in [6.45, 7) is 0. The third-order valence-electron chi connectivity index (χ3n) is 3.43. The fraction of sp³-hybridized carbons (Fsp3) is 0.125. The number of aromatic hydroxyl groups is 2. The van der Waals surface area contributed by atoms with Gasteiger partial charge in [0.1, 0.15) is 23.0 Å². The van der Waals surface area contributed by atoms with Gasteiger partial charge in [-0.1, -0.05) is 0 Å². The van der Waals surface area contributed by atoms with Gasteiger partial charge in [0.2, 0.25) is 0 Å². The van der Waals surface area contributed by atoms with Crippen LogP contribution in [0.3, 0.4) is 0 Å². The van der Waals surface area contributed by atoms with Crippen molar-refractivity contribution < 1.29 is 28.9 Å². The van der Waals surface area contributed by atoms with Crippen LogP contribution in [0.15, 0.2) is 36.4 Å². The maximum atomic E-state index is 12.1. The first kappa shape index (κ1) is 18.6. The standard InChI is InChI=1S/C16H18N2O6S/c17-11-3-1-9(5-13(11)19)15(21)7-25(23,24)8-16(22)10-2-4-12(18)14(20)6-10/h1-6,19-20,23-24H,7-8,17-18H2. The molecular weight excluding hydrogens is 348 g/mol. The normalized spacial score (nSPS) is 11.9. The lowest BCUT2D eigenvalue weighted by Gasteiger charge is -2.30. The minimum Gasteiger partial charge on any atom is -0.506 e. The lowest BCUT2D eigenvalue weighted by Crippen LogP contribution is -2.21. The molecule has 9 heteroatoms. The molecule has 0 radical (unpaired) electrons. The van der Waals surface area contributed by atoms with Crippen molar-refractivity contribution >= 4 is 33.5 Å². The summed E-state index contributed by atoms with van der Waals surface area (Å²) < 4.78 is 20.1. The van der Waals surface area contributed by atoms with Gasteiger partial charge in [-0.15, -0.1) is 0 Å². The number of carbonyl (C=O) groups is 2. The molecule has 0 saturated heterocycles. The molecule has 0 aliphatic rings. The number of ketones is 2. The molecule has 0 fully saturated rings. The van der Waals surface area contributed by atoms with E-state index in [2.05, 4.69) is 0 Å². The van der Waals surface area contributed by atoms with Crippen molar-refractivity contribution in [2.75, 3.05) is 23.0 Å². The second-order valence-corrected chi connectivity index (χ2v) is 7.67. The monoisotopic (exact) mass is 366 g/mol. The van der Waals surface area contributed by atoms with Crippen LogP contribution in [0.1, 0.15) is 20.7 Å². The van der Waals surface area contributed by atoms with E-state index in [9.17, 15) is 28.9 Å². The van der Waals surface area contributed by atoms with Crippen molar-refractivity contribution in [2.45, 2.75) is 0 Å². The Morgan fingerprint density at radius 1 is 0.800 bits per heavy atom. The largest absolute Gasteiger partial charge is 0.506 e. The summed E-state index contributed by atoms with van der Waals surface area (Å²) in [6, 6.07) is 7.55. The van der Waals surface area contributed by atoms with Crippen LogP contribution in [-0.4, -0.2) is 42.4 Å². The van der Waals surface area contributed by atoms with Gasteiger partial charge in [0.05, 0.1) is 11.4 Å². The molecule has 8 N–H and O–H groups in total. The zero-order chi connectivity index (χ0) is 18.8. The number of phenolic OH excluding ortho intramolecular Hbond substituents is 2. The van der Waals surface area contributed by atoms with Gasteiger partial charge in [0.25, 0.3) is 0 Å². The number of hydrogen-bond acceptors (Lipinski definition) is 8. The predicted molar refractivity (Wildman–Crippen MR) is 96.3 cm³/mol. The molecule has 2 rings (SSSR count). The quantitative estimate of drug-likeness (QED) is 0.256. The first-order chi connectivity index (χ1) is 11.6. The number of phenols is 2. The highest BCUT2D eigenvalue weighted by molar-refractivity contribution is 8.25. The first-order valence-electron chi connectivity index (χ1n) is 7.06. The molecule has 0 spiro atoms. The van der Waals surface area contributed by atoms with E-state index >= 15 is 0 Å². The predicted octanol–water partition coefficient (Wildman–Crippen LogP) is 2.08. The van der Waals surface area contributed by atoms with Gasteiger partial charge >= 0.3 is 0 Å². The van der Waals surface area contributed by atoms with Crippen LogP contribution in [0.2, 0.25) is 0 Å². The molecule has 8 nitrogen and oxygen atoms in total. The van der Waals surface area contributed by atoms with Crippen LogP contribution in [0.25, 0.3) is 0 Å². The van der Waals surface area contributed by atoms with Crippen LogP contribution in [-0.2, 0) is 0 Å². The Labute approximate surface area is 145 Å². The number of hydrogen-bond donors (Lipinski definition) is 6. The minimum absolute atomic E-state index is 0.0456. The Morgan fingerprint density at radius 3 is 1.48 bits per heavy atom. The van der Waals surface area contributed by atoms with Crippen LogP contribution >= 0.6 is 10.6 Å². The topological polar surface area (TPSA) is 167 Å². The summed E-state index contributed by atoms with van der Waals surface area (Å²) in [7, 11) is -3.55. The highest BCUT2D eigenvalue weighted by Gasteiger charge is 2.24. The van der Waals surface area contributed by atoms with Crippen molar-refractivity contribution in [3.63, 3.8) is 0 Å². The summed E-state index contributed by atoms with van der Waals surface area (Å²) in [5, 5.41) is 19.0. The smallest absolute Gasteiger partial charge is 0.181 e. The molecule has 0 saturated carbocycles. The number of Topliss-reactive ketones (excluding diaryl/α,β-unsaturated/α-hetero) is 2. The number of carbonyl (C=O) groups excluding carboxylic acids is 2. The molecule has 0 amide bonds. The highest BCUT2D eigenvalue weighted by Crippen LogP contribution is 2.40. The average Bonchev–Trinajstić information content (AvgIpc) is 2.51. The van der Waals surface area contributed by atoms with Crippen molar-refractivity contribution in [3.05, 3.63) is 47.5 Å². The number of nitrogens with two attached hydrogens (primary N) is 2. The molecule has 2 aromatic carbocycles. The maximum absolute atomic E-state index is 12.1. The second kappa shape index (κ2) is 7.01.